The molecule has 2 aromatic carbocycles. The van der Waals surface area contributed by atoms with Crippen LogP contribution in [-0.4, -0.2) is 36.5 Å². The highest BCUT2D eigenvalue weighted by Gasteiger charge is 2.33. The van der Waals surface area contributed by atoms with E-state index in [0.717, 1.165) is 11.3 Å². The lowest BCUT2D eigenvalue weighted by Gasteiger charge is -2.21. The number of nitriles is 1. The SMILES string of the molecule is Cc1nn(-c2ccccc2)c(COC(=O)c2ccc3c(c2)CC(C)N3S(C)(=O)=O)c1C#N. The zero-order valence-corrected chi connectivity index (χ0v) is 18.8. The van der Waals surface area contributed by atoms with Crippen LogP contribution in [0, 0.1) is 18.3 Å². The summed E-state index contributed by atoms with van der Waals surface area (Å²) in [6.07, 6.45) is 1.69. The molecule has 2 heterocycles. The Hall–Kier alpha value is -3.64. The van der Waals surface area contributed by atoms with E-state index in [-0.39, 0.29) is 12.6 Å². The second kappa shape index (κ2) is 8.13. The molecule has 8 nitrogen and oxygen atoms in total. The van der Waals surface area contributed by atoms with Crippen LogP contribution >= 0.6 is 0 Å². The zero-order valence-electron chi connectivity index (χ0n) is 17.9. The minimum Gasteiger partial charge on any atom is -0.456 e. The van der Waals surface area contributed by atoms with Gasteiger partial charge in [-0.2, -0.15) is 10.4 Å². The van der Waals surface area contributed by atoms with E-state index in [2.05, 4.69) is 11.2 Å². The predicted molar refractivity (Wildman–Crippen MR) is 119 cm³/mol. The fourth-order valence-electron chi connectivity index (χ4n) is 4.09. The average Bonchev–Trinajstić information content (AvgIpc) is 3.26. The molecule has 1 aliphatic rings. The van der Waals surface area contributed by atoms with Crippen molar-refractivity contribution in [2.24, 2.45) is 0 Å². The molecule has 0 saturated carbocycles. The van der Waals surface area contributed by atoms with E-state index in [1.807, 2.05) is 37.3 Å². The van der Waals surface area contributed by atoms with E-state index in [1.54, 1.807) is 29.8 Å². The van der Waals surface area contributed by atoms with Gasteiger partial charge in [-0.1, -0.05) is 18.2 Å². The molecule has 1 aliphatic heterocycles. The number of aryl methyl sites for hydroxylation is 1. The molecule has 1 unspecified atom stereocenters. The number of aromatic nitrogens is 2. The van der Waals surface area contributed by atoms with Gasteiger partial charge in [0.1, 0.15) is 18.2 Å². The molecule has 0 fully saturated rings. The van der Waals surface area contributed by atoms with Crippen LogP contribution < -0.4 is 4.31 Å². The van der Waals surface area contributed by atoms with Crippen LogP contribution in [0.4, 0.5) is 5.69 Å². The Balaban J connectivity index is 1.59. The Morgan fingerprint density at radius 1 is 1.25 bits per heavy atom. The van der Waals surface area contributed by atoms with Gasteiger partial charge in [-0.05, 0) is 56.2 Å². The monoisotopic (exact) mass is 450 g/mol. The Kier molecular flexibility index (Phi) is 5.48. The van der Waals surface area contributed by atoms with Crippen molar-refractivity contribution in [2.45, 2.75) is 32.9 Å². The molecular formula is C23H22N4O4S. The lowest BCUT2D eigenvalue weighted by Crippen LogP contribution is -2.34. The summed E-state index contributed by atoms with van der Waals surface area (Å²) in [7, 11) is -3.40. The summed E-state index contributed by atoms with van der Waals surface area (Å²) in [5, 5.41) is 14.0. The van der Waals surface area contributed by atoms with Crippen molar-refractivity contribution in [2.75, 3.05) is 10.6 Å². The zero-order chi connectivity index (χ0) is 23.0. The normalized spacial score (nSPS) is 15.3. The number of hydrogen-bond donors (Lipinski definition) is 0. The third-order valence-corrected chi connectivity index (χ3v) is 6.71. The number of anilines is 1. The number of sulfonamides is 1. The molecule has 0 spiro atoms. The molecule has 164 valence electrons. The van der Waals surface area contributed by atoms with Gasteiger partial charge in [-0.25, -0.2) is 17.9 Å². The van der Waals surface area contributed by atoms with Gasteiger partial charge in [-0.15, -0.1) is 0 Å². The number of hydrogen-bond acceptors (Lipinski definition) is 6. The molecule has 0 saturated heterocycles. The van der Waals surface area contributed by atoms with Crippen LogP contribution in [0.1, 0.15) is 39.8 Å². The largest absolute Gasteiger partial charge is 0.456 e. The Morgan fingerprint density at radius 2 is 1.97 bits per heavy atom. The molecule has 4 rings (SSSR count). The summed E-state index contributed by atoms with van der Waals surface area (Å²) in [6.45, 7) is 3.44. The second-order valence-electron chi connectivity index (χ2n) is 7.80. The molecule has 0 bridgehead atoms. The van der Waals surface area contributed by atoms with Gasteiger partial charge in [-0.3, -0.25) is 4.31 Å². The molecular weight excluding hydrogens is 428 g/mol. The van der Waals surface area contributed by atoms with Crippen molar-refractivity contribution in [1.29, 1.82) is 5.26 Å². The molecule has 9 heteroatoms. The summed E-state index contributed by atoms with van der Waals surface area (Å²) in [5.41, 5.74) is 3.86. The average molecular weight is 451 g/mol. The van der Waals surface area contributed by atoms with E-state index < -0.39 is 16.0 Å². The Bertz CT molecular complexity index is 1340. The number of benzene rings is 2. The standard InChI is InChI=1S/C23H22N4O4S/c1-15-11-18-12-17(9-10-21(18)27(15)32(3,29)30)23(28)31-14-22-20(13-24)16(2)25-26(22)19-7-5-4-6-8-19/h4-10,12,15H,11,14H2,1-3H3. The number of ether oxygens (including phenoxy) is 1. The molecule has 1 aromatic heterocycles. The third-order valence-electron chi connectivity index (χ3n) is 5.43. The number of carbonyl (C=O) groups is 1. The number of carbonyl (C=O) groups excluding carboxylic acids is 1. The number of nitrogens with zero attached hydrogens (tertiary/aromatic N) is 4. The molecule has 32 heavy (non-hydrogen) atoms. The van der Waals surface area contributed by atoms with Crippen LogP contribution in [0.3, 0.4) is 0 Å². The number of para-hydroxylation sites is 1. The van der Waals surface area contributed by atoms with Crippen molar-refractivity contribution in [3.63, 3.8) is 0 Å². The minimum atomic E-state index is -3.40. The van der Waals surface area contributed by atoms with Gasteiger partial charge < -0.3 is 4.74 Å². The van der Waals surface area contributed by atoms with Crippen LogP contribution in [0.2, 0.25) is 0 Å². The van der Waals surface area contributed by atoms with Crippen molar-refractivity contribution < 1.29 is 17.9 Å². The topological polar surface area (TPSA) is 105 Å². The maximum atomic E-state index is 12.8. The van der Waals surface area contributed by atoms with E-state index >= 15 is 0 Å². The van der Waals surface area contributed by atoms with Crippen LogP contribution in [0.5, 0.6) is 0 Å². The first kappa shape index (κ1) is 21.6. The summed E-state index contributed by atoms with van der Waals surface area (Å²) in [6, 6.07) is 16.1. The first-order chi connectivity index (χ1) is 15.2. The molecule has 3 aromatic rings. The quantitative estimate of drug-likeness (QED) is 0.553. The van der Waals surface area contributed by atoms with Gasteiger partial charge >= 0.3 is 5.97 Å². The summed E-state index contributed by atoms with van der Waals surface area (Å²) in [4.78, 5) is 12.8. The van der Waals surface area contributed by atoms with Gasteiger partial charge in [0.2, 0.25) is 10.0 Å². The van der Waals surface area contributed by atoms with E-state index in [0.29, 0.717) is 34.6 Å². The second-order valence-corrected chi connectivity index (χ2v) is 9.66. The van der Waals surface area contributed by atoms with Crippen molar-refractivity contribution >= 4 is 21.7 Å². The number of fused-ring (bicyclic) bond motifs is 1. The molecule has 1 atom stereocenters. The molecule has 0 amide bonds. The third kappa shape index (κ3) is 3.85. The van der Waals surface area contributed by atoms with Crippen molar-refractivity contribution in [3.05, 3.63) is 76.6 Å². The molecule has 0 aliphatic carbocycles. The van der Waals surface area contributed by atoms with Crippen molar-refractivity contribution in [1.82, 2.24) is 9.78 Å². The number of rotatable bonds is 5. The highest BCUT2D eigenvalue weighted by Crippen LogP contribution is 2.35. The molecule has 0 radical (unpaired) electrons. The lowest BCUT2D eigenvalue weighted by atomic mass is 10.1. The summed E-state index contributed by atoms with van der Waals surface area (Å²) in [5.74, 6) is -0.555. The predicted octanol–water partition coefficient (Wildman–Crippen LogP) is 3.12. The summed E-state index contributed by atoms with van der Waals surface area (Å²) >= 11 is 0. The highest BCUT2D eigenvalue weighted by molar-refractivity contribution is 7.92. The van der Waals surface area contributed by atoms with Gasteiger partial charge in [0, 0.05) is 6.04 Å². The van der Waals surface area contributed by atoms with Gasteiger partial charge in [0.05, 0.1) is 34.6 Å². The Morgan fingerprint density at radius 3 is 2.62 bits per heavy atom. The maximum absolute atomic E-state index is 12.8. The van der Waals surface area contributed by atoms with Gasteiger partial charge in [0.15, 0.2) is 0 Å². The first-order valence-electron chi connectivity index (χ1n) is 10.0. The summed E-state index contributed by atoms with van der Waals surface area (Å²) < 4.78 is 32.7. The highest BCUT2D eigenvalue weighted by atomic mass is 32.2. The minimum absolute atomic E-state index is 0.125. The maximum Gasteiger partial charge on any atom is 0.338 e. The number of esters is 1. The lowest BCUT2D eigenvalue weighted by molar-refractivity contribution is 0.0464. The van der Waals surface area contributed by atoms with Crippen LogP contribution in [-0.2, 0) is 27.8 Å². The van der Waals surface area contributed by atoms with Crippen LogP contribution in [0.25, 0.3) is 5.69 Å². The van der Waals surface area contributed by atoms with E-state index in [4.69, 9.17) is 4.74 Å². The fourth-order valence-corrected chi connectivity index (χ4v) is 5.35. The fraction of sp³-hybridized carbons (Fsp3) is 0.261. The molecule has 0 N–H and O–H groups in total. The van der Waals surface area contributed by atoms with E-state index in [9.17, 15) is 18.5 Å². The van der Waals surface area contributed by atoms with Gasteiger partial charge in [0.25, 0.3) is 0 Å². The van der Waals surface area contributed by atoms with Crippen molar-refractivity contribution in [3.8, 4) is 11.8 Å². The first-order valence-corrected chi connectivity index (χ1v) is 11.9. The van der Waals surface area contributed by atoms with Crippen LogP contribution in [0.15, 0.2) is 48.5 Å². The Labute approximate surface area is 186 Å². The smallest absolute Gasteiger partial charge is 0.338 e. The van der Waals surface area contributed by atoms with E-state index in [1.165, 1.54) is 10.6 Å².